The molecule has 0 unspecified atom stereocenters. The molecular formula is C13H25N3O2. The predicted molar refractivity (Wildman–Crippen MR) is 71.5 cm³/mol. The summed E-state index contributed by atoms with van der Waals surface area (Å²) < 4.78 is 12.4. The second kappa shape index (κ2) is 10.1. The van der Waals surface area contributed by atoms with Gasteiger partial charge in [-0.2, -0.15) is 5.10 Å². The molecule has 0 amide bonds. The molecule has 0 fully saturated rings. The van der Waals surface area contributed by atoms with Gasteiger partial charge in [0.2, 0.25) is 0 Å². The summed E-state index contributed by atoms with van der Waals surface area (Å²) >= 11 is 0. The van der Waals surface area contributed by atoms with E-state index in [1.165, 1.54) is 0 Å². The first-order valence-electron chi connectivity index (χ1n) is 6.66. The Morgan fingerprint density at radius 3 is 3.00 bits per heavy atom. The minimum absolute atomic E-state index is 0.702. The van der Waals surface area contributed by atoms with Crippen LogP contribution in [0.4, 0.5) is 0 Å². The van der Waals surface area contributed by atoms with E-state index in [0.717, 1.165) is 51.4 Å². The van der Waals surface area contributed by atoms with E-state index in [-0.39, 0.29) is 0 Å². The zero-order chi connectivity index (χ0) is 13.1. The van der Waals surface area contributed by atoms with E-state index in [1.54, 1.807) is 7.11 Å². The lowest BCUT2D eigenvalue weighted by atomic mass is 10.4. The highest BCUT2D eigenvalue weighted by Gasteiger charge is 1.98. The van der Waals surface area contributed by atoms with Gasteiger partial charge in [0.15, 0.2) is 0 Å². The Morgan fingerprint density at radius 2 is 2.22 bits per heavy atom. The molecular weight excluding hydrogens is 230 g/mol. The minimum Gasteiger partial charge on any atom is -0.385 e. The first kappa shape index (κ1) is 15.1. The van der Waals surface area contributed by atoms with E-state index >= 15 is 0 Å². The van der Waals surface area contributed by atoms with E-state index < -0.39 is 0 Å². The van der Waals surface area contributed by atoms with Gasteiger partial charge in [-0.3, -0.25) is 4.68 Å². The maximum absolute atomic E-state index is 5.49. The largest absolute Gasteiger partial charge is 0.385 e. The molecule has 0 aliphatic carbocycles. The molecule has 1 rings (SSSR count). The zero-order valence-corrected chi connectivity index (χ0v) is 11.5. The van der Waals surface area contributed by atoms with Gasteiger partial charge >= 0.3 is 0 Å². The van der Waals surface area contributed by atoms with Gasteiger partial charge in [-0.25, -0.2) is 0 Å². The van der Waals surface area contributed by atoms with Crippen LogP contribution < -0.4 is 5.32 Å². The number of ether oxygens (including phenoxy) is 2. The fraction of sp³-hybridized carbons (Fsp3) is 0.769. The van der Waals surface area contributed by atoms with E-state index in [0.29, 0.717) is 6.61 Å². The van der Waals surface area contributed by atoms with Crippen LogP contribution in [0.15, 0.2) is 12.3 Å². The number of nitrogens with zero attached hydrogens (tertiary/aromatic N) is 2. The van der Waals surface area contributed by atoms with Crippen molar-refractivity contribution in [2.75, 3.05) is 33.5 Å². The van der Waals surface area contributed by atoms with E-state index in [9.17, 15) is 0 Å². The van der Waals surface area contributed by atoms with Crippen LogP contribution >= 0.6 is 0 Å². The van der Waals surface area contributed by atoms with Crippen LogP contribution in [0.1, 0.15) is 25.5 Å². The summed E-state index contributed by atoms with van der Waals surface area (Å²) in [7, 11) is 1.71. The van der Waals surface area contributed by atoms with Crippen molar-refractivity contribution in [3.05, 3.63) is 18.0 Å². The lowest BCUT2D eigenvalue weighted by Crippen LogP contribution is -2.15. The molecule has 0 aliphatic rings. The number of hydrogen-bond acceptors (Lipinski definition) is 4. The van der Waals surface area contributed by atoms with Crippen LogP contribution in [0, 0.1) is 0 Å². The van der Waals surface area contributed by atoms with Gasteiger partial charge in [-0.15, -0.1) is 0 Å². The highest BCUT2D eigenvalue weighted by atomic mass is 16.5. The third-order valence-electron chi connectivity index (χ3n) is 2.53. The molecule has 5 heteroatoms. The monoisotopic (exact) mass is 255 g/mol. The smallest absolute Gasteiger partial charge is 0.0762 e. The van der Waals surface area contributed by atoms with Crippen LogP contribution in [0.2, 0.25) is 0 Å². The Kier molecular flexibility index (Phi) is 8.46. The topological polar surface area (TPSA) is 48.3 Å². The Balaban J connectivity index is 2.07. The number of methoxy groups -OCH3 is 1. The summed E-state index contributed by atoms with van der Waals surface area (Å²) in [5, 5.41) is 7.80. The maximum Gasteiger partial charge on any atom is 0.0762 e. The van der Waals surface area contributed by atoms with Gasteiger partial charge in [0.05, 0.1) is 18.8 Å². The molecule has 0 aliphatic heterocycles. The summed E-state index contributed by atoms with van der Waals surface area (Å²) in [4.78, 5) is 0. The molecule has 0 atom stereocenters. The molecule has 0 spiro atoms. The van der Waals surface area contributed by atoms with Crippen molar-refractivity contribution < 1.29 is 9.47 Å². The van der Waals surface area contributed by atoms with Crippen molar-refractivity contribution in [1.29, 1.82) is 0 Å². The standard InChI is InChI=1S/C13H25N3O2/c1-3-6-14-12-13-5-7-16(15-13)8-11-18-10-4-9-17-2/h5,7,14H,3-4,6,8-12H2,1-2H3. The second-order valence-electron chi connectivity index (χ2n) is 4.21. The van der Waals surface area contributed by atoms with Crippen LogP contribution in [-0.2, 0) is 22.6 Å². The fourth-order valence-electron chi connectivity index (χ4n) is 1.58. The average Bonchev–Trinajstić information content (AvgIpc) is 2.82. The average molecular weight is 255 g/mol. The molecule has 0 bridgehead atoms. The van der Waals surface area contributed by atoms with Crippen molar-refractivity contribution in [2.24, 2.45) is 0 Å². The molecule has 0 aromatic carbocycles. The predicted octanol–water partition coefficient (Wildman–Crippen LogP) is 1.44. The van der Waals surface area contributed by atoms with Crippen LogP contribution in [-0.4, -0.2) is 43.3 Å². The van der Waals surface area contributed by atoms with E-state index in [2.05, 4.69) is 17.3 Å². The lowest BCUT2D eigenvalue weighted by Gasteiger charge is -2.04. The Morgan fingerprint density at radius 1 is 1.33 bits per heavy atom. The molecule has 0 saturated carbocycles. The molecule has 1 aromatic heterocycles. The molecule has 18 heavy (non-hydrogen) atoms. The fourth-order valence-corrected chi connectivity index (χ4v) is 1.58. The van der Waals surface area contributed by atoms with Crippen LogP contribution in [0.3, 0.4) is 0 Å². The normalized spacial score (nSPS) is 11.0. The summed E-state index contributed by atoms with van der Waals surface area (Å²) in [6, 6.07) is 2.05. The minimum atomic E-state index is 0.702. The molecule has 104 valence electrons. The second-order valence-corrected chi connectivity index (χ2v) is 4.21. The number of rotatable bonds is 11. The van der Waals surface area contributed by atoms with Gasteiger partial charge < -0.3 is 14.8 Å². The molecule has 1 N–H and O–H groups in total. The first-order valence-corrected chi connectivity index (χ1v) is 6.66. The van der Waals surface area contributed by atoms with Crippen molar-refractivity contribution in [3.63, 3.8) is 0 Å². The maximum atomic E-state index is 5.49. The third-order valence-corrected chi connectivity index (χ3v) is 2.53. The zero-order valence-electron chi connectivity index (χ0n) is 11.5. The lowest BCUT2D eigenvalue weighted by molar-refractivity contribution is 0.0960. The third kappa shape index (κ3) is 6.74. The first-order chi connectivity index (χ1) is 8.86. The van der Waals surface area contributed by atoms with Gasteiger partial charge in [0.25, 0.3) is 0 Å². The van der Waals surface area contributed by atoms with Crippen molar-refractivity contribution in [2.45, 2.75) is 32.9 Å². The Bertz CT molecular complexity index is 302. The Hall–Kier alpha value is -0.910. The highest BCUT2D eigenvalue weighted by molar-refractivity contribution is 4.98. The molecule has 1 aromatic rings. The number of nitrogens with one attached hydrogen (secondary N) is 1. The molecule has 5 nitrogen and oxygen atoms in total. The molecule has 0 radical (unpaired) electrons. The van der Waals surface area contributed by atoms with Crippen LogP contribution in [0.25, 0.3) is 0 Å². The highest BCUT2D eigenvalue weighted by Crippen LogP contribution is 1.96. The van der Waals surface area contributed by atoms with Gasteiger partial charge in [0.1, 0.15) is 0 Å². The van der Waals surface area contributed by atoms with Crippen LogP contribution in [0.5, 0.6) is 0 Å². The van der Waals surface area contributed by atoms with Gasteiger partial charge in [-0.1, -0.05) is 6.92 Å². The van der Waals surface area contributed by atoms with Gasteiger partial charge in [-0.05, 0) is 25.5 Å². The summed E-state index contributed by atoms with van der Waals surface area (Å²) in [6.07, 6.45) is 4.10. The number of aromatic nitrogens is 2. The SMILES string of the molecule is CCCNCc1ccn(CCOCCCOC)n1. The summed E-state index contributed by atoms with van der Waals surface area (Å²) in [6.45, 7) is 7.06. The Labute approximate surface area is 109 Å². The van der Waals surface area contributed by atoms with Crippen molar-refractivity contribution in [1.82, 2.24) is 15.1 Å². The van der Waals surface area contributed by atoms with Crippen molar-refractivity contribution >= 4 is 0 Å². The molecule has 1 heterocycles. The van der Waals surface area contributed by atoms with Crippen molar-refractivity contribution in [3.8, 4) is 0 Å². The van der Waals surface area contributed by atoms with E-state index in [4.69, 9.17) is 9.47 Å². The molecule has 0 saturated heterocycles. The quantitative estimate of drug-likeness (QED) is 0.608. The van der Waals surface area contributed by atoms with E-state index in [1.807, 2.05) is 16.9 Å². The number of hydrogen-bond donors (Lipinski definition) is 1. The van der Waals surface area contributed by atoms with Gasteiger partial charge in [0, 0.05) is 33.1 Å². The summed E-state index contributed by atoms with van der Waals surface area (Å²) in [5.41, 5.74) is 1.09. The summed E-state index contributed by atoms with van der Waals surface area (Å²) in [5.74, 6) is 0.